The number of esters is 1. The summed E-state index contributed by atoms with van der Waals surface area (Å²) in [5.41, 5.74) is 2.19. The third kappa shape index (κ3) is 3.81. The molecule has 0 unspecified atom stereocenters. The number of para-hydroxylation sites is 1. The number of hydrogen-bond acceptors (Lipinski definition) is 5. The average Bonchev–Trinajstić information content (AvgIpc) is 3.00. The van der Waals surface area contributed by atoms with Gasteiger partial charge >= 0.3 is 5.97 Å². The number of aromatic hydroxyl groups is 1. The van der Waals surface area contributed by atoms with Gasteiger partial charge in [0.25, 0.3) is 5.91 Å². The first kappa shape index (κ1) is 21.2. The van der Waals surface area contributed by atoms with Gasteiger partial charge < -0.3 is 19.5 Å². The van der Waals surface area contributed by atoms with Crippen LogP contribution >= 0.6 is 0 Å². The first-order chi connectivity index (χ1) is 14.4. The molecule has 1 atom stereocenters. The lowest BCUT2D eigenvalue weighted by atomic mass is 10.0. The number of carbonyl (C=O) groups excluding carboxylic acids is 2. The van der Waals surface area contributed by atoms with E-state index in [1.807, 2.05) is 44.2 Å². The van der Waals surface area contributed by atoms with Gasteiger partial charge in [-0.1, -0.05) is 42.5 Å². The van der Waals surface area contributed by atoms with E-state index < -0.39 is 5.97 Å². The number of rotatable bonds is 6. The van der Waals surface area contributed by atoms with Gasteiger partial charge in [-0.25, -0.2) is 4.79 Å². The van der Waals surface area contributed by atoms with Crippen LogP contribution in [0.15, 0.2) is 65.4 Å². The lowest BCUT2D eigenvalue weighted by Gasteiger charge is -2.26. The van der Waals surface area contributed by atoms with Gasteiger partial charge in [0.05, 0.1) is 30.9 Å². The molecular weight excluding hydrogens is 382 g/mol. The van der Waals surface area contributed by atoms with Crippen LogP contribution in [0, 0.1) is 0 Å². The maximum absolute atomic E-state index is 13.4. The van der Waals surface area contributed by atoms with Crippen LogP contribution in [0.5, 0.6) is 11.5 Å². The molecule has 0 bridgehead atoms. The number of phenols is 1. The summed E-state index contributed by atoms with van der Waals surface area (Å²) in [6.07, 6.45) is 1.51. The second-order valence-electron chi connectivity index (χ2n) is 6.90. The van der Waals surface area contributed by atoms with Crippen LogP contribution < -0.4 is 4.74 Å². The second kappa shape index (κ2) is 8.86. The Morgan fingerprint density at radius 2 is 1.87 bits per heavy atom. The molecule has 0 aromatic heterocycles. The Morgan fingerprint density at radius 1 is 1.17 bits per heavy atom. The topological polar surface area (TPSA) is 76.1 Å². The smallest absolute Gasteiger partial charge is 0.340 e. The Morgan fingerprint density at radius 3 is 2.50 bits per heavy atom. The molecule has 1 aliphatic rings. The second-order valence-corrected chi connectivity index (χ2v) is 6.90. The fourth-order valence-corrected chi connectivity index (χ4v) is 3.63. The van der Waals surface area contributed by atoms with Crippen LogP contribution in [0.4, 0.5) is 0 Å². The largest absolute Gasteiger partial charge is 0.504 e. The van der Waals surface area contributed by atoms with Crippen molar-refractivity contribution in [2.75, 3.05) is 13.7 Å². The molecule has 0 radical (unpaired) electrons. The maximum Gasteiger partial charge on any atom is 0.340 e. The third-order valence-corrected chi connectivity index (χ3v) is 5.13. The van der Waals surface area contributed by atoms with Crippen molar-refractivity contribution < 1.29 is 24.2 Å². The minimum absolute atomic E-state index is 0.0870. The quantitative estimate of drug-likeness (QED) is 0.573. The Kier molecular flexibility index (Phi) is 6.26. The number of carbonyl (C=O) groups is 2. The fraction of sp³-hybridized carbons (Fsp3) is 0.250. The summed E-state index contributed by atoms with van der Waals surface area (Å²) in [6.45, 7) is 5.83. The summed E-state index contributed by atoms with van der Waals surface area (Å²) >= 11 is 0. The summed E-state index contributed by atoms with van der Waals surface area (Å²) in [5, 5.41) is 10.5. The van der Waals surface area contributed by atoms with Gasteiger partial charge in [0.2, 0.25) is 0 Å². The van der Waals surface area contributed by atoms with Crippen molar-refractivity contribution in [3.63, 3.8) is 0 Å². The molecule has 1 aliphatic heterocycles. The number of hydrogen-bond donors (Lipinski definition) is 1. The van der Waals surface area contributed by atoms with Crippen LogP contribution in [-0.4, -0.2) is 35.6 Å². The lowest BCUT2D eigenvalue weighted by molar-refractivity contribution is -0.136. The predicted molar refractivity (Wildman–Crippen MR) is 114 cm³/mol. The molecule has 0 saturated carbocycles. The normalized spacial score (nSPS) is 16.2. The van der Waals surface area contributed by atoms with E-state index in [9.17, 15) is 14.7 Å². The molecule has 0 fully saturated rings. The van der Waals surface area contributed by atoms with Crippen molar-refractivity contribution in [2.45, 2.75) is 26.8 Å². The van der Waals surface area contributed by atoms with Crippen LogP contribution in [-0.2, 0) is 14.3 Å². The molecule has 2 aromatic carbocycles. The van der Waals surface area contributed by atoms with Gasteiger partial charge in [0, 0.05) is 11.3 Å². The van der Waals surface area contributed by atoms with Gasteiger partial charge in [0.1, 0.15) is 0 Å². The van der Waals surface area contributed by atoms with Crippen molar-refractivity contribution in [1.82, 2.24) is 4.90 Å². The zero-order valence-electron chi connectivity index (χ0n) is 17.5. The molecule has 1 heterocycles. The van der Waals surface area contributed by atoms with Crippen LogP contribution in [0.2, 0.25) is 0 Å². The maximum atomic E-state index is 13.4. The Labute approximate surface area is 176 Å². The number of phenolic OH excluding ortho intramolecular Hbond substituents is 1. The molecule has 1 N–H and O–H groups in total. The van der Waals surface area contributed by atoms with E-state index in [0.717, 1.165) is 5.56 Å². The monoisotopic (exact) mass is 407 g/mol. The van der Waals surface area contributed by atoms with Crippen molar-refractivity contribution in [3.8, 4) is 11.5 Å². The molecule has 1 amide bonds. The zero-order chi connectivity index (χ0) is 21.8. The lowest BCUT2D eigenvalue weighted by Crippen LogP contribution is -2.28. The van der Waals surface area contributed by atoms with Crippen molar-refractivity contribution >= 4 is 18.0 Å². The van der Waals surface area contributed by atoms with Gasteiger partial charge in [-0.15, -0.1) is 0 Å². The molecular formula is C24H25NO5. The predicted octanol–water partition coefficient (Wildman–Crippen LogP) is 4.22. The van der Waals surface area contributed by atoms with Gasteiger partial charge in [-0.2, -0.15) is 0 Å². The van der Waals surface area contributed by atoms with Crippen LogP contribution in [0.3, 0.4) is 0 Å². The van der Waals surface area contributed by atoms with Crippen molar-refractivity contribution in [3.05, 3.63) is 76.5 Å². The van der Waals surface area contributed by atoms with E-state index in [4.69, 9.17) is 9.47 Å². The van der Waals surface area contributed by atoms with E-state index in [0.29, 0.717) is 23.6 Å². The minimum Gasteiger partial charge on any atom is -0.504 e. The van der Waals surface area contributed by atoms with E-state index in [1.54, 1.807) is 30.0 Å². The van der Waals surface area contributed by atoms with Crippen LogP contribution in [0.25, 0.3) is 6.08 Å². The molecule has 0 aliphatic carbocycles. The molecule has 6 heteroatoms. The highest BCUT2D eigenvalue weighted by Gasteiger charge is 2.39. The first-order valence-corrected chi connectivity index (χ1v) is 9.75. The molecule has 6 nitrogen and oxygen atoms in total. The van der Waals surface area contributed by atoms with E-state index in [2.05, 4.69) is 0 Å². The average molecular weight is 407 g/mol. The first-order valence-electron chi connectivity index (χ1n) is 9.75. The fourth-order valence-electron chi connectivity index (χ4n) is 3.63. The molecule has 156 valence electrons. The summed E-state index contributed by atoms with van der Waals surface area (Å²) < 4.78 is 10.4. The third-order valence-electron chi connectivity index (χ3n) is 5.13. The molecule has 0 saturated heterocycles. The number of allylic oxidation sites excluding steroid dienone is 1. The van der Waals surface area contributed by atoms with E-state index in [1.165, 1.54) is 13.2 Å². The molecule has 3 rings (SSSR count). The van der Waals surface area contributed by atoms with Gasteiger partial charge in [-0.05, 0) is 38.5 Å². The Hall–Kier alpha value is -3.54. The van der Waals surface area contributed by atoms with E-state index >= 15 is 0 Å². The minimum atomic E-state index is -0.602. The molecule has 0 spiro atoms. The SMILES string of the molecule is CCOc1cccc(/C=C2\C(=O)N([C@@H](C)c3ccccc3)C(C)=C2C(=O)OC)c1O. The highest BCUT2D eigenvalue weighted by Crippen LogP contribution is 2.39. The summed E-state index contributed by atoms with van der Waals surface area (Å²) in [5.74, 6) is -0.705. The standard InChI is InChI=1S/C24H25NO5/c1-5-30-20-13-9-12-18(22(20)26)14-19-21(24(28)29-4)16(3)25(23(19)27)15(2)17-10-7-6-8-11-17/h6-15,26H,5H2,1-4H3/b19-14-/t15-/m0/s1. The van der Waals surface area contributed by atoms with Gasteiger partial charge in [0.15, 0.2) is 11.5 Å². The highest BCUT2D eigenvalue weighted by atomic mass is 16.5. The number of amides is 1. The summed E-state index contributed by atoms with van der Waals surface area (Å²) in [7, 11) is 1.28. The zero-order valence-corrected chi connectivity index (χ0v) is 17.5. The molecule has 2 aromatic rings. The van der Waals surface area contributed by atoms with Gasteiger partial charge in [-0.3, -0.25) is 4.79 Å². The number of methoxy groups -OCH3 is 1. The number of benzene rings is 2. The molecule has 30 heavy (non-hydrogen) atoms. The van der Waals surface area contributed by atoms with Crippen molar-refractivity contribution in [1.29, 1.82) is 0 Å². The summed E-state index contributed by atoms with van der Waals surface area (Å²) in [6, 6.07) is 14.3. The Bertz CT molecular complexity index is 1020. The van der Waals surface area contributed by atoms with E-state index in [-0.39, 0.29) is 28.8 Å². The number of nitrogens with zero attached hydrogens (tertiary/aromatic N) is 1. The Balaban J connectivity index is 2.11. The van der Waals surface area contributed by atoms with Crippen LogP contribution in [0.1, 0.15) is 37.9 Å². The number of ether oxygens (including phenoxy) is 2. The summed E-state index contributed by atoms with van der Waals surface area (Å²) in [4.78, 5) is 27.5. The van der Waals surface area contributed by atoms with Crippen molar-refractivity contribution in [2.24, 2.45) is 0 Å². The highest BCUT2D eigenvalue weighted by molar-refractivity contribution is 6.16.